The van der Waals surface area contributed by atoms with Crippen LogP contribution in [0.2, 0.25) is 0 Å². The molecule has 0 atom stereocenters. The third-order valence-corrected chi connectivity index (χ3v) is 4.80. The molecule has 0 aliphatic rings. The van der Waals surface area contributed by atoms with Crippen molar-refractivity contribution in [2.24, 2.45) is 5.73 Å². The number of primary amides is 1. The number of carbonyl (C=O) groups excluding carboxylic acids is 1. The molecule has 0 saturated heterocycles. The summed E-state index contributed by atoms with van der Waals surface area (Å²) in [5.41, 5.74) is 5.68. The number of phenols is 1. The number of sulfone groups is 1. The number of rotatable bonds is 5. The molecule has 3 N–H and O–H groups in total. The monoisotopic (exact) mass is 321 g/mol. The summed E-state index contributed by atoms with van der Waals surface area (Å²) in [4.78, 5) is 10.7. The number of benzene rings is 2. The molecule has 0 radical (unpaired) electrons. The lowest BCUT2D eigenvalue weighted by molar-refractivity contribution is 0.158. The quantitative estimate of drug-likeness (QED) is 0.874. The van der Waals surface area contributed by atoms with E-state index in [9.17, 15) is 18.3 Å². The summed E-state index contributed by atoms with van der Waals surface area (Å²) < 4.78 is 29.4. The summed E-state index contributed by atoms with van der Waals surface area (Å²) in [5.74, 6) is 0.00347. The van der Waals surface area contributed by atoms with Crippen molar-refractivity contribution in [3.63, 3.8) is 0 Å². The van der Waals surface area contributed by atoms with Gasteiger partial charge in [0.15, 0.2) is 0 Å². The van der Waals surface area contributed by atoms with Crippen molar-refractivity contribution >= 4 is 15.9 Å². The maximum absolute atomic E-state index is 12.4. The highest BCUT2D eigenvalue weighted by Crippen LogP contribution is 2.23. The molecule has 6 nitrogen and oxygen atoms in total. The first-order valence-corrected chi connectivity index (χ1v) is 7.93. The Bertz CT molecular complexity index is 752. The fourth-order valence-electron chi connectivity index (χ4n) is 1.87. The van der Waals surface area contributed by atoms with Crippen LogP contribution in [-0.2, 0) is 21.0 Å². The van der Waals surface area contributed by atoms with Crippen molar-refractivity contribution in [2.75, 3.05) is 6.61 Å². The number of phenolic OH excluding ortho intramolecular Hbond substituents is 1. The zero-order chi connectivity index (χ0) is 16.2. The zero-order valence-electron chi connectivity index (χ0n) is 11.6. The minimum Gasteiger partial charge on any atom is -0.508 e. The molecule has 2 aromatic carbocycles. The molecule has 0 aliphatic carbocycles. The summed E-state index contributed by atoms with van der Waals surface area (Å²) in [6, 6.07) is 11.6. The maximum Gasteiger partial charge on any atom is 0.404 e. The highest BCUT2D eigenvalue weighted by Gasteiger charge is 2.17. The van der Waals surface area contributed by atoms with E-state index in [1.54, 1.807) is 12.1 Å². The van der Waals surface area contributed by atoms with Gasteiger partial charge in [0.1, 0.15) is 5.75 Å². The van der Waals surface area contributed by atoms with Crippen LogP contribution < -0.4 is 5.73 Å². The van der Waals surface area contributed by atoms with E-state index >= 15 is 0 Å². The second-order valence-corrected chi connectivity index (χ2v) is 6.51. The summed E-state index contributed by atoms with van der Waals surface area (Å²) >= 11 is 0. The predicted molar refractivity (Wildman–Crippen MR) is 79.2 cm³/mol. The first-order valence-electron chi connectivity index (χ1n) is 6.45. The van der Waals surface area contributed by atoms with Crippen molar-refractivity contribution in [1.82, 2.24) is 0 Å². The van der Waals surface area contributed by atoms with Crippen LogP contribution in [0.4, 0.5) is 4.79 Å². The fourth-order valence-corrected chi connectivity index (χ4v) is 3.13. The van der Waals surface area contributed by atoms with Gasteiger partial charge in [0.05, 0.1) is 16.4 Å². The number of hydrogen-bond acceptors (Lipinski definition) is 5. The summed E-state index contributed by atoms with van der Waals surface area (Å²) in [6.07, 6.45) is -0.394. The second-order valence-electron chi connectivity index (χ2n) is 4.56. The molecule has 0 saturated carbocycles. The van der Waals surface area contributed by atoms with Gasteiger partial charge in [-0.05, 0) is 42.0 Å². The average Bonchev–Trinajstić information content (AvgIpc) is 2.48. The standard InChI is InChI=1S/C15H15NO5S/c16-15(18)21-10-9-11-1-5-13(6-2-11)22(19,20)14-7-3-12(17)4-8-14/h1-8,17H,9-10H2,(H2,16,18). The third-order valence-electron chi connectivity index (χ3n) is 3.02. The normalized spacial score (nSPS) is 11.1. The summed E-state index contributed by atoms with van der Waals surface area (Å²) in [6.45, 7) is 0.138. The van der Waals surface area contributed by atoms with Gasteiger partial charge in [-0.3, -0.25) is 0 Å². The van der Waals surface area contributed by atoms with E-state index in [-0.39, 0.29) is 22.1 Å². The van der Waals surface area contributed by atoms with E-state index in [2.05, 4.69) is 4.74 Å². The zero-order valence-corrected chi connectivity index (χ0v) is 12.4. The largest absolute Gasteiger partial charge is 0.508 e. The van der Waals surface area contributed by atoms with E-state index in [1.807, 2.05) is 0 Å². The first-order chi connectivity index (χ1) is 10.4. The van der Waals surface area contributed by atoms with Crippen LogP contribution in [0.15, 0.2) is 58.3 Å². The van der Waals surface area contributed by atoms with Gasteiger partial charge in [-0.1, -0.05) is 12.1 Å². The van der Waals surface area contributed by atoms with E-state index in [0.29, 0.717) is 6.42 Å². The molecule has 0 heterocycles. The van der Waals surface area contributed by atoms with E-state index in [1.165, 1.54) is 36.4 Å². The molecule has 2 rings (SSSR count). The Morgan fingerprint density at radius 1 is 1.00 bits per heavy atom. The molecule has 22 heavy (non-hydrogen) atoms. The summed E-state index contributed by atoms with van der Waals surface area (Å²) in [5, 5.41) is 9.21. The number of carbonyl (C=O) groups is 1. The van der Waals surface area contributed by atoms with Gasteiger partial charge in [-0.2, -0.15) is 0 Å². The lowest BCUT2D eigenvalue weighted by Crippen LogP contribution is -2.14. The van der Waals surface area contributed by atoms with Crippen molar-refractivity contribution in [3.8, 4) is 5.75 Å². The lowest BCUT2D eigenvalue weighted by atomic mass is 10.2. The second kappa shape index (κ2) is 6.48. The van der Waals surface area contributed by atoms with Gasteiger partial charge in [0.2, 0.25) is 9.84 Å². The Morgan fingerprint density at radius 3 is 2.00 bits per heavy atom. The minimum atomic E-state index is -3.62. The molecule has 0 fully saturated rings. The number of hydrogen-bond donors (Lipinski definition) is 2. The van der Waals surface area contributed by atoms with E-state index in [4.69, 9.17) is 5.73 Å². The average molecular weight is 321 g/mol. The Labute approximate surface area is 128 Å². The highest BCUT2D eigenvalue weighted by molar-refractivity contribution is 7.91. The van der Waals surface area contributed by atoms with Crippen LogP contribution in [0.3, 0.4) is 0 Å². The lowest BCUT2D eigenvalue weighted by Gasteiger charge is -2.06. The SMILES string of the molecule is NC(=O)OCCc1ccc(S(=O)(=O)c2ccc(O)cc2)cc1. The minimum absolute atomic E-state index is 0.00347. The number of amides is 1. The van der Waals surface area contributed by atoms with Crippen LogP contribution in [0, 0.1) is 0 Å². The molecular weight excluding hydrogens is 306 g/mol. The topological polar surface area (TPSA) is 107 Å². The van der Waals surface area contributed by atoms with Gasteiger partial charge in [0.25, 0.3) is 0 Å². The van der Waals surface area contributed by atoms with E-state index < -0.39 is 15.9 Å². The smallest absolute Gasteiger partial charge is 0.404 e. The Kier molecular flexibility index (Phi) is 4.67. The van der Waals surface area contributed by atoms with Gasteiger partial charge in [-0.25, -0.2) is 13.2 Å². The fraction of sp³-hybridized carbons (Fsp3) is 0.133. The summed E-state index contributed by atoms with van der Waals surface area (Å²) in [7, 11) is -3.62. The van der Waals surface area contributed by atoms with Gasteiger partial charge in [0, 0.05) is 6.42 Å². The highest BCUT2D eigenvalue weighted by atomic mass is 32.2. The van der Waals surface area contributed by atoms with Crippen molar-refractivity contribution in [3.05, 3.63) is 54.1 Å². The third kappa shape index (κ3) is 3.76. The molecule has 116 valence electrons. The Hall–Kier alpha value is -2.54. The van der Waals surface area contributed by atoms with Crippen molar-refractivity contribution in [2.45, 2.75) is 16.2 Å². The van der Waals surface area contributed by atoms with E-state index in [0.717, 1.165) is 5.56 Å². The van der Waals surface area contributed by atoms with Crippen LogP contribution in [0.25, 0.3) is 0 Å². The van der Waals surface area contributed by atoms with Gasteiger partial charge in [-0.15, -0.1) is 0 Å². The molecule has 1 amide bonds. The first kappa shape index (κ1) is 15.8. The van der Waals surface area contributed by atoms with Crippen LogP contribution in [-0.4, -0.2) is 26.2 Å². The molecule has 7 heteroatoms. The van der Waals surface area contributed by atoms with Gasteiger partial charge >= 0.3 is 6.09 Å². The molecule has 0 spiro atoms. The molecule has 0 unspecified atom stereocenters. The van der Waals surface area contributed by atoms with Gasteiger partial charge < -0.3 is 15.6 Å². The van der Waals surface area contributed by atoms with Crippen molar-refractivity contribution in [1.29, 1.82) is 0 Å². The molecule has 2 aromatic rings. The number of nitrogens with two attached hydrogens (primary N) is 1. The predicted octanol–water partition coefficient (Wildman–Crippen LogP) is 1.86. The van der Waals surface area contributed by atoms with Crippen LogP contribution >= 0.6 is 0 Å². The number of aromatic hydroxyl groups is 1. The molecule has 0 aromatic heterocycles. The van der Waals surface area contributed by atoms with Crippen molar-refractivity contribution < 1.29 is 23.1 Å². The molecule has 0 bridgehead atoms. The van der Waals surface area contributed by atoms with Crippen LogP contribution in [0.5, 0.6) is 5.75 Å². The maximum atomic E-state index is 12.4. The number of ether oxygens (including phenoxy) is 1. The Balaban J connectivity index is 2.15. The molecular formula is C15H15NO5S. The molecule has 0 aliphatic heterocycles. The Morgan fingerprint density at radius 2 is 1.50 bits per heavy atom. The van der Waals surface area contributed by atoms with Crippen LogP contribution in [0.1, 0.15) is 5.56 Å².